The summed E-state index contributed by atoms with van der Waals surface area (Å²) >= 11 is 0. The molecule has 0 aromatic carbocycles. The molecule has 0 unspecified atom stereocenters. The first-order valence-electron chi connectivity index (χ1n) is 4.19. The minimum Gasteiger partial charge on any atom is -0.481 e. The molecule has 0 fully saturated rings. The second-order valence-corrected chi connectivity index (χ2v) is 2.88. The number of rotatable bonds is 4. The van der Waals surface area contributed by atoms with Crippen LogP contribution in [0.15, 0.2) is 6.07 Å². The van der Waals surface area contributed by atoms with Crippen LogP contribution in [0.25, 0.3) is 0 Å². The average Bonchev–Trinajstić information content (AvgIpc) is 2.19. The largest absolute Gasteiger partial charge is 0.481 e. The first-order valence-corrected chi connectivity index (χ1v) is 4.19. The van der Waals surface area contributed by atoms with Crippen molar-refractivity contribution in [1.29, 1.82) is 0 Å². The zero-order chi connectivity index (χ0) is 12.3. The van der Waals surface area contributed by atoms with Gasteiger partial charge in [-0.15, -0.1) is 0 Å². The number of pyridine rings is 1. The lowest BCUT2D eigenvalue weighted by Gasteiger charge is -2.09. The van der Waals surface area contributed by atoms with Crippen LogP contribution in [0.2, 0.25) is 0 Å². The van der Waals surface area contributed by atoms with Crippen LogP contribution in [0.4, 0.5) is 13.2 Å². The van der Waals surface area contributed by atoms with Crippen LogP contribution in [0.3, 0.4) is 0 Å². The molecule has 0 saturated carbocycles. The molecule has 7 heteroatoms. The predicted molar refractivity (Wildman–Crippen MR) is 47.0 cm³/mol. The average molecular weight is 235 g/mol. The molecule has 0 spiro atoms. The maximum Gasteiger partial charge on any atom is 0.308 e. The van der Waals surface area contributed by atoms with Gasteiger partial charge in [-0.25, -0.2) is 18.2 Å². The summed E-state index contributed by atoms with van der Waals surface area (Å²) in [5.74, 6) is -2.79. The molecule has 0 amide bonds. The van der Waals surface area contributed by atoms with E-state index in [4.69, 9.17) is 5.11 Å². The second-order valence-electron chi connectivity index (χ2n) is 2.88. The Morgan fingerprint density at radius 1 is 1.62 bits per heavy atom. The van der Waals surface area contributed by atoms with Crippen LogP contribution >= 0.6 is 0 Å². The highest BCUT2D eigenvalue weighted by Crippen LogP contribution is 2.26. The molecule has 0 saturated heterocycles. The quantitative estimate of drug-likeness (QED) is 0.864. The molecule has 0 aliphatic carbocycles. The van der Waals surface area contributed by atoms with Gasteiger partial charge in [-0.05, 0) is 0 Å². The Morgan fingerprint density at radius 2 is 2.25 bits per heavy atom. The molecule has 0 bridgehead atoms. The molecule has 0 radical (unpaired) electrons. The van der Waals surface area contributed by atoms with E-state index in [1.54, 1.807) is 0 Å². The van der Waals surface area contributed by atoms with Gasteiger partial charge in [-0.1, -0.05) is 0 Å². The summed E-state index contributed by atoms with van der Waals surface area (Å²) in [6.45, 7) is 0. The number of methoxy groups -OCH3 is 1. The number of nitrogens with zero attached hydrogens (tertiary/aromatic N) is 1. The van der Waals surface area contributed by atoms with E-state index in [1.807, 2.05) is 0 Å². The summed E-state index contributed by atoms with van der Waals surface area (Å²) in [4.78, 5) is 13.7. The Bertz CT molecular complexity index is 409. The minimum absolute atomic E-state index is 0.318. The van der Waals surface area contributed by atoms with E-state index in [-0.39, 0.29) is 5.88 Å². The number of halogens is 3. The number of alkyl halides is 2. The molecular weight excluding hydrogens is 227 g/mol. The number of hydrogen-bond donors (Lipinski definition) is 1. The molecule has 88 valence electrons. The first kappa shape index (κ1) is 12.3. The van der Waals surface area contributed by atoms with Crippen LogP contribution in [0, 0.1) is 5.82 Å². The third-order valence-corrected chi connectivity index (χ3v) is 1.82. The first-order chi connectivity index (χ1) is 7.45. The van der Waals surface area contributed by atoms with Gasteiger partial charge in [-0.2, -0.15) is 0 Å². The molecule has 1 aromatic rings. The fourth-order valence-corrected chi connectivity index (χ4v) is 1.15. The highest BCUT2D eigenvalue weighted by atomic mass is 19.3. The van der Waals surface area contributed by atoms with Gasteiger partial charge in [0.25, 0.3) is 6.43 Å². The van der Waals surface area contributed by atoms with Gasteiger partial charge in [0.1, 0.15) is 11.5 Å². The number of carboxylic acids is 1. The molecule has 4 nitrogen and oxygen atoms in total. The minimum atomic E-state index is -3.06. The standard InChI is InChI=1S/C9H8F3NO3/c1-16-6-3-5(10)4(2-7(14)15)8(13-6)9(11)12/h3,9H,2H2,1H3,(H,14,15). The van der Waals surface area contributed by atoms with E-state index in [9.17, 15) is 18.0 Å². The summed E-state index contributed by atoms with van der Waals surface area (Å²) < 4.78 is 42.8. The van der Waals surface area contributed by atoms with Crippen molar-refractivity contribution in [2.45, 2.75) is 12.8 Å². The Hall–Kier alpha value is -1.79. The SMILES string of the molecule is COc1cc(F)c(CC(=O)O)c(C(F)F)n1. The zero-order valence-corrected chi connectivity index (χ0v) is 8.21. The van der Waals surface area contributed by atoms with E-state index in [2.05, 4.69) is 9.72 Å². The molecule has 1 rings (SSSR count). The third-order valence-electron chi connectivity index (χ3n) is 1.82. The highest BCUT2D eigenvalue weighted by molar-refractivity contribution is 5.70. The van der Waals surface area contributed by atoms with Crippen LogP contribution < -0.4 is 4.74 Å². The maximum atomic E-state index is 13.3. The second kappa shape index (κ2) is 4.82. The van der Waals surface area contributed by atoms with E-state index in [1.165, 1.54) is 0 Å². The highest BCUT2D eigenvalue weighted by Gasteiger charge is 2.22. The van der Waals surface area contributed by atoms with E-state index >= 15 is 0 Å². The van der Waals surface area contributed by atoms with Crippen molar-refractivity contribution in [2.75, 3.05) is 7.11 Å². The number of ether oxygens (including phenoxy) is 1. The summed E-state index contributed by atoms with van der Waals surface area (Å²) in [6, 6.07) is 0.768. The number of aromatic nitrogens is 1. The Labute approximate surface area is 88.7 Å². The Morgan fingerprint density at radius 3 is 2.69 bits per heavy atom. The summed E-state index contributed by atoms with van der Waals surface area (Å²) in [5.41, 5.74) is -1.53. The molecule has 1 aromatic heterocycles. The summed E-state index contributed by atoms with van der Waals surface area (Å²) in [6.07, 6.45) is -3.90. The Kier molecular flexibility index (Phi) is 3.70. The van der Waals surface area contributed by atoms with Crippen molar-refractivity contribution in [3.63, 3.8) is 0 Å². The lowest BCUT2D eigenvalue weighted by Crippen LogP contribution is -2.09. The normalized spacial score (nSPS) is 10.6. The monoisotopic (exact) mass is 235 g/mol. The van der Waals surface area contributed by atoms with Crippen LogP contribution in [0.1, 0.15) is 17.7 Å². The smallest absolute Gasteiger partial charge is 0.308 e. The van der Waals surface area contributed by atoms with Crippen molar-refractivity contribution < 1.29 is 27.8 Å². The predicted octanol–water partition coefficient (Wildman–Crippen LogP) is 1.79. The van der Waals surface area contributed by atoms with Crippen molar-refractivity contribution in [3.8, 4) is 5.88 Å². The molecule has 0 aliphatic rings. The topological polar surface area (TPSA) is 59.4 Å². The molecule has 0 atom stereocenters. The van der Waals surface area contributed by atoms with Gasteiger partial charge in [0, 0.05) is 11.6 Å². The van der Waals surface area contributed by atoms with Crippen molar-refractivity contribution in [2.24, 2.45) is 0 Å². The molecular formula is C9H8F3NO3. The van der Waals surface area contributed by atoms with Crippen LogP contribution in [0.5, 0.6) is 5.88 Å². The fraction of sp³-hybridized carbons (Fsp3) is 0.333. The molecule has 0 aliphatic heterocycles. The Balaban J connectivity index is 3.27. The molecule has 1 heterocycles. The maximum absolute atomic E-state index is 13.3. The van der Waals surface area contributed by atoms with Gasteiger partial charge in [0.15, 0.2) is 0 Å². The summed E-state index contributed by atoms with van der Waals surface area (Å²) in [5, 5.41) is 8.45. The van der Waals surface area contributed by atoms with E-state index < -0.39 is 35.9 Å². The van der Waals surface area contributed by atoms with Gasteiger partial charge in [0.05, 0.1) is 13.5 Å². The van der Waals surface area contributed by atoms with Crippen molar-refractivity contribution in [3.05, 3.63) is 23.1 Å². The van der Waals surface area contributed by atoms with Crippen LogP contribution in [-0.2, 0) is 11.2 Å². The number of aliphatic carboxylic acids is 1. The van der Waals surface area contributed by atoms with E-state index in [0.29, 0.717) is 0 Å². The number of carboxylic acid groups (broad SMARTS) is 1. The number of carbonyl (C=O) groups is 1. The lowest BCUT2D eigenvalue weighted by molar-refractivity contribution is -0.136. The van der Waals surface area contributed by atoms with Gasteiger partial charge >= 0.3 is 5.97 Å². The zero-order valence-electron chi connectivity index (χ0n) is 8.21. The van der Waals surface area contributed by atoms with Crippen molar-refractivity contribution >= 4 is 5.97 Å². The van der Waals surface area contributed by atoms with Gasteiger partial charge in [-0.3, -0.25) is 4.79 Å². The molecule has 1 N–H and O–H groups in total. The van der Waals surface area contributed by atoms with Crippen LogP contribution in [-0.4, -0.2) is 23.2 Å². The fourth-order valence-electron chi connectivity index (χ4n) is 1.15. The van der Waals surface area contributed by atoms with Crippen molar-refractivity contribution in [1.82, 2.24) is 4.98 Å². The summed E-state index contributed by atoms with van der Waals surface area (Å²) in [7, 11) is 1.15. The van der Waals surface area contributed by atoms with Gasteiger partial charge in [0.2, 0.25) is 5.88 Å². The third kappa shape index (κ3) is 2.62. The lowest BCUT2D eigenvalue weighted by atomic mass is 10.1. The number of hydrogen-bond acceptors (Lipinski definition) is 3. The van der Waals surface area contributed by atoms with E-state index in [0.717, 1.165) is 13.2 Å². The van der Waals surface area contributed by atoms with Gasteiger partial charge < -0.3 is 9.84 Å². The molecule has 16 heavy (non-hydrogen) atoms.